The second-order valence-electron chi connectivity index (χ2n) is 9.28. The molecule has 1 fully saturated rings. The minimum atomic E-state index is -0.581. The zero-order chi connectivity index (χ0) is 19.7. The van der Waals surface area contributed by atoms with Crippen molar-refractivity contribution in [2.45, 2.75) is 71.6 Å². The molecule has 0 spiro atoms. The van der Waals surface area contributed by atoms with Crippen LogP contribution in [0, 0.1) is 22.7 Å². The van der Waals surface area contributed by atoms with E-state index in [0.29, 0.717) is 5.02 Å². The minimum absolute atomic E-state index is 0.0362. The van der Waals surface area contributed by atoms with Crippen molar-refractivity contribution in [1.82, 2.24) is 5.32 Å². The molecule has 0 bridgehead atoms. The maximum atomic E-state index is 12.9. The zero-order valence-corrected chi connectivity index (χ0v) is 17.2. The lowest BCUT2D eigenvalue weighted by molar-refractivity contribution is -0.157. The standard InChI is InChI=1S/C21H29ClN2O2/c1-20(2,3)11-16-15(12-23)17(13-8-7-9-14(22)10-13)18(24-16)19(25)26-21(4,5)6/h7-10,15-18,24H,11H2,1-6H3. The van der Waals surface area contributed by atoms with Crippen LogP contribution in [0.25, 0.3) is 0 Å². The molecular formula is C21H29ClN2O2. The molecule has 1 saturated heterocycles. The fourth-order valence-corrected chi connectivity index (χ4v) is 3.80. The highest BCUT2D eigenvalue weighted by Crippen LogP contribution is 2.41. The molecule has 0 aromatic heterocycles. The van der Waals surface area contributed by atoms with Crippen LogP contribution in [0.1, 0.15) is 59.4 Å². The second-order valence-corrected chi connectivity index (χ2v) is 9.72. The number of halogens is 1. The monoisotopic (exact) mass is 376 g/mol. The van der Waals surface area contributed by atoms with Crippen molar-refractivity contribution < 1.29 is 9.53 Å². The Bertz CT molecular complexity index is 697. The Kier molecular flexibility index (Phi) is 6.05. The minimum Gasteiger partial charge on any atom is -0.459 e. The van der Waals surface area contributed by atoms with E-state index in [1.165, 1.54) is 0 Å². The molecule has 4 atom stereocenters. The number of nitriles is 1. The SMILES string of the molecule is CC(C)(C)CC1NC(C(=O)OC(C)(C)C)C(c2cccc(Cl)c2)C1C#N. The maximum Gasteiger partial charge on any atom is 0.324 e. The molecule has 5 heteroatoms. The molecule has 4 unspecified atom stereocenters. The van der Waals surface area contributed by atoms with Gasteiger partial charge in [-0.3, -0.25) is 10.1 Å². The lowest BCUT2D eigenvalue weighted by atomic mass is 9.78. The summed E-state index contributed by atoms with van der Waals surface area (Å²) >= 11 is 6.17. The summed E-state index contributed by atoms with van der Waals surface area (Å²) < 4.78 is 5.63. The van der Waals surface area contributed by atoms with Crippen LogP contribution in [-0.2, 0) is 9.53 Å². The summed E-state index contributed by atoms with van der Waals surface area (Å²) in [6.07, 6.45) is 0.793. The van der Waals surface area contributed by atoms with E-state index in [9.17, 15) is 10.1 Å². The average molecular weight is 377 g/mol. The average Bonchev–Trinajstić information content (AvgIpc) is 2.81. The Balaban J connectivity index is 2.42. The first-order chi connectivity index (χ1) is 11.9. The van der Waals surface area contributed by atoms with Crippen LogP contribution in [0.3, 0.4) is 0 Å². The van der Waals surface area contributed by atoms with Gasteiger partial charge in [-0.25, -0.2) is 0 Å². The first kappa shape index (κ1) is 20.7. The van der Waals surface area contributed by atoms with E-state index in [1.54, 1.807) is 6.07 Å². The van der Waals surface area contributed by atoms with Gasteiger partial charge in [-0.05, 0) is 50.3 Å². The fraction of sp³-hybridized carbons (Fsp3) is 0.619. The van der Waals surface area contributed by atoms with E-state index in [0.717, 1.165) is 12.0 Å². The van der Waals surface area contributed by atoms with Crippen LogP contribution in [0.5, 0.6) is 0 Å². The van der Waals surface area contributed by atoms with Crippen molar-refractivity contribution in [1.29, 1.82) is 5.26 Å². The van der Waals surface area contributed by atoms with Gasteiger partial charge in [0, 0.05) is 17.0 Å². The molecule has 1 aliphatic heterocycles. The molecule has 0 radical (unpaired) electrons. The number of carbonyl (C=O) groups is 1. The lowest BCUT2D eigenvalue weighted by Gasteiger charge is -2.25. The highest BCUT2D eigenvalue weighted by atomic mass is 35.5. The molecule has 26 heavy (non-hydrogen) atoms. The maximum absolute atomic E-state index is 12.9. The summed E-state index contributed by atoms with van der Waals surface area (Å²) in [6, 6.07) is 9.22. The largest absolute Gasteiger partial charge is 0.459 e. The Hall–Kier alpha value is -1.57. The number of benzene rings is 1. The summed E-state index contributed by atoms with van der Waals surface area (Å²) in [4.78, 5) is 12.9. The van der Waals surface area contributed by atoms with Gasteiger partial charge < -0.3 is 4.74 Å². The van der Waals surface area contributed by atoms with E-state index >= 15 is 0 Å². The molecule has 142 valence electrons. The van der Waals surface area contributed by atoms with Gasteiger partial charge in [0.1, 0.15) is 11.6 Å². The highest BCUT2D eigenvalue weighted by molar-refractivity contribution is 6.30. The smallest absolute Gasteiger partial charge is 0.324 e. The summed E-state index contributed by atoms with van der Waals surface area (Å²) in [5, 5.41) is 13.9. The fourth-order valence-electron chi connectivity index (χ4n) is 3.61. The molecule has 4 nitrogen and oxygen atoms in total. The Morgan fingerprint density at radius 1 is 1.27 bits per heavy atom. The summed E-state index contributed by atoms with van der Waals surface area (Å²) in [6.45, 7) is 12.0. The van der Waals surface area contributed by atoms with E-state index < -0.39 is 11.6 Å². The first-order valence-corrected chi connectivity index (χ1v) is 9.43. The number of esters is 1. The van der Waals surface area contributed by atoms with Crippen molar-refractivity contribution in [2.24, 2.45) is 11.3 Å². The summed E-state index contributed by atoms with van der Waals surface area (Å²) in [5.74, 6) is -0.940. The normalized spacial score (nSPS) is 26.4. The van der Waals surface area contributed by atoms with Crippen molar-refractivity contribution in [3.63, 3.8) is 0 Å². The molecule has 0 amide bonds. The van der Waals surface area contributed by atoms with Crippen molar-refractivity contribution in [3.05, 3.63) is 34.9 Å². The number of rotatable bonds is 3. The van der Waals surface area contributed by atoms with E-state index in [2.05, 4.69) is 32.2 Å². The predicted molar refractivity (Wildman–Crippen MR) is 104 cm³/mol. The number of hydrogen-bond acceptors (Lipinski definition) is 4. The Morgan fingerprint density at radius 3 is 2.42 bits per heavy atom. The molecule has 1 N–H and O–H groups in total. The van der Waals surface area contributed by atoms with Gasteiger partial charge in [0.05, 0.1) is 12.0 Å². The quantitative estimate of drug-likeness (QED) is 0.778. The van der Waals surface area contributed by atoms with Crippen LogP contribution >= 0.6 is 11.6 Å². The van der Waals surface area contributed by atoms with E-state index in [4.69, 9.17) is 16.3 Å². The topological polar surface area (TPSA) is 62.1 Å². The number of carbonyl (C=O) groups excluding carboxylic acids is 1. The van der Waals surface area contributed by atoms with Gasteiger partial charge in [0.25, 0.3) is 0 Å². The Labute approximate surface area is 161 Å². The zero-order valence-electron chi connectivity index (χ0n) is 16.5. The van der Waals surface area contributed by atoms with Crippen LogP contribution in [0.2, 0.25) is 5.02 Å². The van der Waals surface area contributed by atoms with Gasteiger partial charge in [-0.2, -0.15) is 5.26 Å². The molecular weight excluding hydrogens is 348 g/mol. The van der Waals surface area contributed by atoms with Crippen LogP contribution < -0.4 is 5.32 Å². The molecule has 0 aliphatic carbocycles. The van der Waals surface area contributed by atoms with Gasteiger partial charge in [-0.15, -0.1) is 0 Å². The van der Waals surface area contributed by atoms with Gasteiger partial charge in [-0.1, -0.05) is 44.5 Å². The van der Waals surface area contributed by atoms with Gasteiger partial charge >= 0.3 is 5.97 Å². The molecule has 2 rings (SSSR count). The van der Waals surface area contributed by atoms with Crippen LogP contribution in [-0.4, -0.2) is 23.7 Å². The number of ether oxygens (including phenoxy) is 1. The van der Waals surface area contributed by atoms with E-state index in [-0.39, 0.29) is 29.3 Å². The van der Waals surface area contributed by atoms with Crippen molar-refractivity contribution >= 4 is 17.6 Å². The van der Waals surface area contributed by atoms with E-state index in [1.807, 2.05) is 39.0 Å². The van der Waals surface area contributed by atoms with Crippen molar-refractivity contribution in [3.8, 4) is 6.07 Å². The molecule has 1 aromatic carbocycles. The third-order valence-corrected chi connectivity index (χ3v) is 4.68. The summed E-state index contributed by atoms with van der Waals surface area (Å²) in [7, 11) is 0. The summed E-state index contributed by atoms with van der Waals surface area (Å²) in [5.41, 5.74) is 0.347. The third kappa shape index (κ3) is 5.22. The van der Waals surface area contributed by atoms with Crippen LogP contribution in [0.15, 0.2) is 24.3 Å². The predicted octanol–water partition coefficient (Wildman–Crippen LogP) is 4.68. The Morgan fingerprint density at radius 2 is 1.92 bits per heavy atom. The van der Waals surface area contributed by atoms with Crippen molar-refractivity contribution in [2.75, 3.05) is 0 Å². The number of nitrogens with one attached hydrogen (secondary N) is 1. The van der Waals surface area contributed by atoms with Crippen LogP contribution in [0.4, 0.5) is 0 Å². The first-order valence-electron chi connectivity index (χ1n) is 9.05. The number of nitrogens with zero attached hydrogens (tertiary/aromatic N) is 1. The van der Waals surface area contributed by atoms with Gasteiger partial charge in [0.2, 0.25) is 0 Å². The molecule has 1 aromatic rings. The molecule has 1 aliphatic rings. The third-order valence-electron chi connectivity index (χ3n) is 4.45. The lowest BCUT2D eigenvalue weighted by Crippen LogP contribution is -2.42. The highest BCUT2D eigenvalue weighted by Gasteiger charge is 2.49. The molecule has 0 saturated carbocycles. The van der Waals surface area contributed by atoms with Gasteiger partial charge in [0.15, 0.2) is 0 Å². The second kappa shape index (κ2) is 7.58. The number of hydrogen-bond donors (Lipinski definition) is 1. The molecule has 1 heterocycles.